The number of carbonyl (C=O) groups is 2. The van der Waals surface area contributed by atoms with E-state index >= 15 is 0 Å². The van der Waals surface area contributed by atoms with Crippen LogP contribution in [-0.4, -0.2) is 75.8 Å². The molecular formula is C28H36N4O3S. The Kier molecular flexibility index (Phi) is 5.80. The van der Waals surface area contributed by atoms with Crippen molar-refractivity contribution >= 4 is 28.6 Å². The van der Waals surface area contributed by atoms with E-state index in [0.29, 0.717) is 30.2 Å². The SMILES string of the molecule is O=C1C2C(C(=O)N1CC1CCCCC1CN1CCN(C3=NS(=O)c4ccccc43)CC1)[C@H]1CC[C@@H]2C1. The fourth-order valence-corrected chi connectivity index (χ4v) is 9.34. The highest BCUT2D eigenvalue weighted by Crippen LogP contribution is 2.56. The summed E-state index contributed by atoms with van der Waals surface area (Å²) in [6, 6.07) is 7.85. The number of hydrogen-bond donors (Lipinski definition) is 0. The number of rotatable bonds is 4. The van der Waals surface area contributed by atoms with Crippen LogP contribution in [0.1, 0.15) is 50.5 Å². The van der Waals surface area contributed by atoms with Gasteiger partial charge in [0.1, 0.15) is 5.84 Å². The molecule has 6 aliphatic rings. The van der Waals surface area contributed by atoms with Crippen molar-refractivity contribution < 1.29 is 13.8 Å². The highest BCUT2D eigenvalue weighted by molar-refractivity contribution is 7.84. The summed E-state index contributed by atoms with van der Waals surface area (Å²) in [5.41, 5.74) is 1.01. The van der Waals surface area contributed by atoms with Crippen LogP contribution in [0.5, 0.6) is 0 Å². The molecule has 8 heteroatoms. The molecule has 192 valence electrons. The third-order valence-electron chi connectivity index (χ3n) is 10.2. The molecule has 5 fully saturated rings. The maximum absolute atomic E-state index is 13.3. The Morgan fingerprint density at radius 2 is 1.47 bits per heavy atom. The van der Waals surface area contributed by atoms with E-state index in [4.69, 9.17) is 0 Å². The van der Waals surface area contributed by atoms with Gasteiger partial charge in [0.15, 0.2) is 11.0 Å². The highest BCUT2D eigenvalue weighted by atomic mass is 32.2. The molecule has 3 aliphatic carbocycles. The maximum Gasteiger partial charge on any atom is 0.233 e. The Hall–Kier alpha value is -2.06. The molecule has 1 aromatic rings. The van der Waals surface area contributed by atoms with Gasteiger partial charge in [0.05, 0.1) is 16.7 Å². The van der Waals surface area contributed by atoms with E-state index in [-0.39, 0.29) is 23.7 Å². The van der Waals surface area contributed by atoms with Crippen LogP contribution in [0.2, 0.25) is 0 Å². The number of hydrogen-bond acceptors (Lipinski definition) is 5. The number of amides is 2. The molecule has 0 N–H and O–H groups in total. The molecular weight excluding hydrogens is 472 g/mol. The molecule has 7 atom stereocenters. The Morgan fingerprint density at radius 3 is 2.17 bits per heavy atom. The van der Waals surface area contributed by atoms with Crippen molar-refractivity contribution in [2.75, 3.05) is 39.3 Å². The lowest BCUT2D eigenvalue weighted by Gasteiger charge is -2.41. The van der Waals surface area contributed by atoms with E-state index < -0.39 is 11.0 Å². The van der Waals surface area contributed by atoms with Gasteiger partial charge in [-0.3, -0.25) is 19.4 Å². The second kappa shape index (κ2) is 9.05. The standard InChI is InChI=1S/C28H36N4O3S/c33-27-24-18-9-10-19(15-18)25(24)28(34)32(27)17-21-6-2-1-5-20(21)16-30-11-13-31(14-12-30)26-22-7-3-4-8-23(22)36(35)29-26/h3-4,7-8,18-21,24-25H,1-2,5-6,9-17H2/t18-,19+,20?,21?,24?,25?,36?. The minimum Gasteiger partial charge on any atom is -0.353 e. The van der Waals surface area contributed by atoms with Gasteiger partial charge in [0.2, 0.25) is 11.8 Å². The van der Waals surface area contributed by atoms with Gasteiger partial charge in [0, 0.05) is 44.8 Å². The molecule has 7 rings (SSSR count). The Balaban J connectivity index is 0.980. The number of likely N-dealkylation sites (tertiary alicyclic amines) is 1. The largest absolute Gasteiger partial charge is 0.353 e. The molecule has 3 aliphatic heterocycles. The lowest BCUT2D eigenvalue weighted by Crippen LogP contribution is -2.51. The fraction of sp³-hybridized carbons (Fsp3) is 0.679. The van der Waals surface area contributed by atoms with Crippen molar-refractivity contribution in [2.24, 2.45) is 39.9 Å². The second-order valence-electron chi connectivity index (χ2n) is 11.9. The van der Waals surface area contributed by atoms with Gasteiger partial charge in [-0.15, -0.1) is 0 Å². The first-order chi connectivity index (χ1) is 17.6. The summed E-state index contributed by atoms with van der Waals surface area (Å²) < 4.78 is 16.9. The van der Waals surface area contributed by atoms with E-state index in [2.05, 4.69) is 14.2 Å². The van der Waals surface area contributed by atoms with Crippen molar-refractivity contribution in [3.8, 4) is 0 Å². The van der Waals surface area contributed by atoms with E-state index in [1.54, 1.807) is 4.90 Å². The number of piperazine rings is 1. The number of fused-ring (bicyclic) bond motifs is 6. The summed E-state index contributed by atoms with van der Waals surface area (Å²) in [6.07, 6.45) is 8.17. The van der Waals surface area contributed by atoms with E-state index in [1.165, 1.54) is 19.3 Å². The molecule has 2 bridgehead atoms. The third-order valence-corrected chi connectivity index (χ3v) is 11.2. The van der Waals surface area contributed by atoms with E-state index in [1.807, 2.05) is 24.3 Å². The minimum absolute atomic E-state index is 0.00401. The topological polar surface area (TPSA) is 73.3 Å². The maximum atomic E-state index is 13.3. The molecule has 3 heterocycles. The van der Waals surface area contributed by atoms with Crippen LogP contribution in [0.4, 0.5) is 0 Å². The lowest BCUT2D eigenvalue weighted by molar-refractivity contribution is -0.142. The average molecular weight is 509 g/mol. The zero-order chi connectivity index (χ0) is 24.4. The first kappa shape index (κ1) is 23.1. The second-order valence-corrected chi connectivity index (χ2v) is 13.0. The Morgan fingerprint density at radius 1 is 0.833 bits per heavy atom. The quantitative estimate of drug-likeness (QED) is 0.585. The predicted octanol–water partition coefficient (Wildman–Crippen LogP) is 2.92. The minimum atomic E-state index is -1.29. The average Bonchev–Trinajstić information content (AvgIpc) is 3.66. The Bertz CT molecular complexity index is 1100. The number of amidine groups is 1. The van der Waals surface area contributed by atoms with Gasteiger partial charge in [-0.2, -0.15) is 4.40 Å². The number of carbonyl (C=O) groups excluding carboxylic acids is 2. The van der Waals surface area contributed by atoms with Crippen molar-refractivity contribution in [2.45, 2.75) is 49.8 Å². The van der Waals surface area contributed by atoms with Crippen LogP contribution in [0, 0.1) is 35.5 Å². The van der Waals surface area contributed by atoms with Crippen LogP contribution in [0.3, 0.4) is 0 Å². The van der Waals surface area contributed by atoms with Gasteiger partial charge in [-0.1, -0.05) is 25.0 Å². The molecule has 0 aromatic heterocycles. The number of imide groups is 1. The van der Waals surface area contributed by atoms with Crippen LogP contribution in [0.25, 0.3) is 0 Å². The van der Waals surface area contributed by atoms with E-state index in [9.17, 15) is 13.8 Å². The summed E-state index contributed by atoms with van der Waals surface area (Å²) in [4.78, 5) is 33.9. The van der Waals surface area contributed by atoms with Gasteiger partial charge in [-0.05, 0) is 67.9 Å². The molecule has 36 heavy (non-hydrogen) atoms. The monoisotopic (exact) mass is 508 g/mol. The summed E-state index contributed by atoms with van der Waals surface area (Å²) in [6.45, 7) is 5.39. The van der Waals surface area contributed by atoms with Crippen molar-refractivity contribution in [1.82, 2.24) is 14.7 Å². The van der Waals surface area contributed by atoms with Crippen molar-refractivity contribution in [3.63, 3.8) is 0 Å². The Labute approximate surface area is 215 Å². The summed E-state index contributed by atoms with van der Waals surface area (Å²) in [5.74, 6) is 3.10. The zero-order valence-corrected chi connectivity index (χ0v) is 21.7. The van der Waals surface area contributed by atoms with Crippen LogP contribution in [0.15, 0.2) is 33.6 Å². The molecule has 7 nitrogen and oxygen atoms in total. The van der Waals surface area contributed by atoms with Crippen LogP contribution in [-0.2, 0) is 20.6 Å². The smallest absolute Gasteiger partial charge is 0.233 e. The van der Waals surface area contributed by atoms with Crippen molar-refractivity contribution in [1.29, 1.82) is 0 Å². The first-order valence-corrected chi connectivity index (χ1v) is 15.1. The molecule has 1 aromatic carbocycles. The number of benzene rings is 1. The van der Waals surface area contributed by atoms with Crippen LogP contribution >= 0.6 is 0 Å². The first-order valence-electron chi connectivity index (χ1n) is 14.0. The molecule has 5 unspecified atom stereocenters. The predicted molar refractivity (Wildman–Crippen MR) is 137 cm³/mol. The summed E-state index contributed by atoms with van der Waals surface area (Å²) >= 11 is 0. The molecule has 0 radical (unpaired) electrons. The van der Waals surface area contributed by atoms with Crippen LogP contribution < -0.4 is 0 Å². The lowest BCUT2D eigenvalue weighted by atomic mass is 9.78. The van der Waals surface area contributed by atoms with Gasteiger partial charge < -0.3 is 4.90 Å². The summed E-state index contributed by atoms with van der Waals surface area (Å²) in [7, 11) is -1.29. The number of nitrogens with zero attached hydrogens (tertiary/aromatic N) is 4. The van der Waals surface area contributed by atoms with Crippen molar-refractivity contribution in [3.05, 3.63) is 29.8 Å². The molecule has 2 amide bonds. The molecule has 0 spiro atoms. The van der Waals surface area contributed by atoms with Gasteiger partial charge >= 0.3 is 0 Å². The van der Waals surface area contributed by atoms with Gasteiger partial charge in [0.25, 0.3) is 0 Å². The fourth-order valence-electron chi connectivity index (χ4n) is 8.33. The highest BCUT2D eigenvalue weighted by Gasteiger charge is 2.61. The normalized spacial score (nSPS) is 38.0. The molecule has 2 saturated heterocycles. The van der Waals surface area contributed by atoms with E-state index in [0.717, 1.165) is 74.7 Å². The third kappa shape index (κ3) is 3.70. The summed E-state index contributed by atoms with van der Waals surface area (Å²) in [5, 5.41) is 0. The molecule has 3 saturated carbocycles. The van der Waals surface area contributed by atoms with Gasteiger partial charge in [-0.25, -0.2) is 4.21 Å². The zero-order valence-electron chi connectivity index (χ0n) is 20.9.